The van der Waals surface area contributed by atoms with E-state index in [4.69, 9.17) is 5.26 Å². The Kier molecular flexibility index (Phi) is 1.53. The fourth-order valence-electron chi connectivity index (χ4n) is 1.05. The maximum atomic E-state index is 8.18. The van der Waals surface area contributed by atoms with E-state index in [1.54, 1.807) is 0 Å². The molecule has 44 valence electrons. The van der Waals surface area contributed by atoms with E-state index < -0.39 is 0 Å². The van der Waals surface area contributed by atoms with Crippen molar-refractivity contribution < 1.29 is 0 Å². The second kappa shape index (κ2) is 2.17. The van der Waals surface area contributed by atoms with Crippen molar-refractivity contribution in [3.8, 4) is 6.07 Å². The largest absolute Gasteiger partial charge is 0.198 e. The lowest BCUT2D eigenvalue weighted by Crippen LogP contribution is -1.75. The topological polar surface area (TPSA) is 23.8 Å². The van der Waals surface area contributed by atoms with Gasteiger partial charge in [0, 0.05) is 6.42 Å². The summed E-state index contributed by atoms with van der Waals surface area (Å²) in [5.41, 5.74) is 0. The Bertz CT molecular complexity index is 112. The molecule has 0 heterocycles. The molecule has 2 atom stereocenters. The molecule has 0 aromatic carbocycles. The highest BCUT2D eigenvalue weighted by molar-refractivity contribution is 4.85. The molecule has 0 amide bonds. The Hall–Kier alpha value is -0.510. The van der Waals surface area contributed by atoms with Crippen LogP contribution in [0.25, 0.3) is 0 Å². The lowest BCUT2D eigenvalue weighted by Gasteiger charge is -1.84. The van der Waals surface area contributed by atoms with Crippen LogP contribution in [0.15, 0.2) is 0 Å². The first-order valence-electron chi connectivity index (χ1n) is 3.21. The van der Waals surface area contributed by atoms with E-state index in [0.29, 0.717) is 0 Å². The first-order valence-corrected chi connectivity index (χ1v) is 3.21. The summed E-state index contributed by atoms with van der Waals surface area (Å²) < 4.78 is 0. The summed E-state index contributed by atoms with van der Waals surface area (Å²) in [6.07, 6.45) is 3.26. The molecule has 1 heteroatoms. The summed E-state index contributed by atoms with van der Waals surface area (Å²) in [5.74, 6) is 1.82. The summed E-state index contributed by atoms with van der Waals surface area (Å²) in [4.78, 5) is 0. The van der Waals surface area contributed by atoms with Gasteiger partial charge in [-0.25, -0.2) is 0 Å². The van der Waals surface area contributed by atoms with Gasteiger partial charge in [0.1, 0.15) is 0 Å². The summed E-state index contributed by atoms with van der Waals surface area (Å²) in [5, 5.41) is 8.18. The highest BCUT2D eigenvalue weighted by Gasteiger charge is 2.31. The van der Waals surface area contributed by atoms with Gasteiger partial charge in [-0.2, -0.15) is 5.26 Å². The molecule has 1 saturated carbocycles. The Morgan fingerprint density at radius 2 is 2.38 bits per heavy atom. The molecule has 0 aromatic heterocycles. The molecule has 8 heavy (non-hydrogen) atoms. The van der Waals surface area contributed by atoms with Crippen LogP contribution in [0.2, 0.25) is 0 Å². The Morgan fingerprint density at radius 1 is 1.75 bits per heavy atom. The van der Waals surface area contributed by atoms with Gasteiger partial charge in [0.05, 0.1) is 6.07 Å². The van der Waals surface area contributed by atoms with Gasteiger partial charge in [0.25, 0.3) is 0 Å². The molecule has 0 saturated heterocycles. The maximum Gasteiger partial charge on any atom is 0.0621 e. The van der Waals surface area contributed by atoms with Crippen molar-refractivity contribution in [2.24, 2.45) is 11.8 Å². The molecule has 2 unspecified atom stereocenters. The monoisotopic (exact) mass is 109 g/mol. The van der Waals surface area contributed by atoms with Crippen molar-refractivity contribution in [2.75, 3.05) is 0 Å². The lowest BCUT2D eigenvalue weighted by atomic mass is 10.2. The number of hydrogen-bond acceptors (Lipinski definition) is 1. The van der Waals surface area contributed by atoms with Gasteiger partial charge in [0.2, 0.25) is 0 Å². The smallest absolute Gasteiger partial charge is 0.0621 e. The Balaban J connectivity index is 1.99. The van der Waals surface area contributed by atoms with Crippen LogP contribution in [0, 0.1) is 23.2 Å². The highest BCUT2D eigenvalue weighted by atomic mass is 14.4. The molecule has 1 rings (SSSR count). The van der Waals surface area contributed by atoms with Crippen LogP contribution in [0.3, 0.4) is 0 Å². The van der Waals surface area contributed by atoms with Gasteiger partial charge in [-0.1, -0.05) is 6.92 Å². The van der Waals surface area contributed by atoms with E-state index in [0.717, 1.165) is 24.7 Å². The average molecular weight is 109 g/mol. The summed E-state index contributed by atoms with van der Waals surface area (Å²) in [7, 11) is 0. The molecule has 1 aliphatic rings. The van der Waals surface area contributed by atoms with E-state index in [2.05, 4.69) is 13.0 Å². The quantitative estimate of drug-likeness (QED) is 0.531. The highest BCUT2D eigenvalue weighted by Crippen LogP contribution is 2.40. The van der Waals surface area contributed by atoms with Gasteiger partial charge in [-0.15, -0.1) is 0 Å². The van der Waals surface area contributed by atoms with Crippen molar-refractivity contribution in [3.63, 3.8) is 0 Å². The first-order chi connectivity index (χ1) is 3.84. The normalized spacial score (nSPS) is 34.0. The predicted molar refractivity (Wildman–Crippen MR) is 32.1 cm³/mol. The second-order valence-electron chi connectivity index (χ2n) is 2.67. The van der Waals surface area contributed by atoms with Crippen LogP contribution < -0.4 is 0 Å². The first kappa shape index (κ1) is 5.62. The van der Waals surface area contributed by atoms with Crippen molar-refractivity contribution in [1.29, 1.82) is 5.26 Å². The van der Waals surface area contributed by atoms with Crippen molar-refractivity contribution >= 4 is 0 Å². The van der Waals surface area contributed by atoms with Crippen molar-refractivity contribution in [1.82, 2.24) is 0 Å². The second-order valence-corrected chi connectivity index (χ2v) is 2.67. The van der Waals surface area contributed by atoms with Gasteiger partial charge < -0.3 is 0 Å². The van der Waals surface area contributed by atoms with Crippen LogP contribution in [-0.2, 0) is 0 Å². The minimum Gasteiger partial charge on any atom is -0.198 e. The lowest BCUT2D eigenvalue weighted by molar-refractivity contribution is 0.688. The zero-order valence-electron chi connectivity index (χ0n) is 5.22. The zero-order chi connectivity index (χ0) is 5.98. The molecule has 0 aliphatic heterocycles. The van der Waals surface area contributed by atoms with Gasteiger partial charge in [0.15, 0.2) is 0 Å². The van der Waals surface area contributed by atoms with E-state index in [9.17, 15) is 0 Å². The molecular weight excluding hydrogens is 98.1 g/mol. The van der Waals surface area contributed by atoms with Crippen LogP contribution in [0.4, 0.5) is 0 Å². The average Bonchev–Trinajstić information content (AvgIpc) is 2.42. The molecule has 1 aliphatic carbocycles. The predicted octanol–water partition coefficient (Wildman–Crippen LogP) is 1.95. The number of hydrogen-bond donors (Lipinski definition) is 0. The fourth-order valence-corrected chi connectivity index (χ4v) is 1.05. The molecular formula is C7H11N. The molecule has 0 spiro atoms. The minimum absolute atomic E-state index is 0.759. The zero-order valence-corrected chi connectivity index (χ0v) is 5.22. The fraction of sp³-hybridized carbons (Fsp3) is 0.857. The SMILES string of the molecule is CC1CC1CCC#N. The number of rotatable bonds is 2. The van der Waals surface area contributed by atoms with Crippen LogP contribution >= 0.6 is 0 Å². The van der Waals surface area contributed by atoms with Crippen molar-refractivity contribution in [2.45, 2.75) is 26.2 Å². The number of nitrogens with zero attached hydrogens (tertiary/aromatic N) is 1. The van der Waals surface area contributed by atoms with Gasteiger partial charge in [-0.05, 0) is 24.7 Å². The molecule has 1 nitrogen and oxygen atoms in total. The van der Waals surface area contributed by atoms with Crippen molar-refractivity contribution in [3.05, 3.63) is 0 Å². The van der Waals surface area contributed by atoms with Gasteiger partial charge >= 0.3 is 0 Å². The molecule has 0 radical (unpaired) electrons. The molecule has 0 aromatic rings. The third kappa shape index (κ3) is 1.23. The summed E-state index contributed by atoms with van der Waals surface area (Å²) in [6.45, 7) is 2.25. The molecule has 0 N–H and O–H groups in total. The van der Waals surface area contributed by atoms with E-state index in [-0.39, 0.29) is 0 Å². The van der Waals surface area contributed by atoms with Crippen LogP contribution in [-0.4, -0.2) is 0 Å². The Labute approximate surface area is 50.3 Å². The third-order valence-electron chi connectivity index (χ3n) is 1.90. The molecule has 1 fully saturated rings. The van der Waals surface area contributed by atoms with Crippen LogP contribution in [0.5, 0.6) is 0 Å². The van der Waals surface area contributed by atoms with E-state index >= 15 is 0 Å². The van der Waals surface area contributed by atoms with Crippen LogP contribution in [0.1, 0.15) is 26.2 Å². The Morgan fingerprint density at radius 3 is 2.75 bits per heavy atom. The minimum atomic E-state index is 0.759. The third-order valence-corrected chi connectivity index (χ3v) is 1.90. The maximum absolute atomic E-state index is 8.18. The van der Waals surface area contributed by atoms with Gasteiger partial charge in [-0.3, -0.25) is 0 Å². The summed E-state index contributed by atoms with van der Waals surface area (Å²) >= 11 is 0. The van der Waals surface area contributed by atoms with E-state index in [1.807, 2.05) is 0 Å². The molecule has 0 bridgehead atoms. The van der Waals surface area contributed by atoms with E-state index in [1.165, 1.54) is 6.42 Å². The summed E-state index contributed by atoms with van der Waals surface area (Å²) in [6, 6.07) is 2.16. The standard InChI is InChI=1S/C7H11N/c1-6-5-7(6)3-2-4-8/h6-7H,2-3,5H2,1H3. The number of nitriles is 1.